The second-order valence-corrected chi connectivity index (χ2v) is 8.29. The molecule has 5 heteroatoms. The third-order valence-corrected chi connectivity index (χ3v) is 4.39. The molecule has 0 radical (unpaired) electrons. The van der Waals surface area contributed by atoms with Crippen molar-refractivity contribution in [3.05, 3.63) is 35.6 Å². The van der Waals surface area contributed by atoms with Crippen molar-refractivity contribution in [2.24, 2.45) is 5.92 Å². The molecular formula is C16H26FNO2S. The number of rotatable bonds is 9. The van der Waals surface area contributed by atoms with Gasteiger partial charge in [0, 0.05) is 18.1 Å². The first-order chi connectivity index (χ1) is 9.76. The summed E-state index contributed by atoms with van der Waals surface area (Å²) in [6.45, 7) is 4.98. The Bertz CT molecular complexity index is 529. The summed E-state index contributed by atoms with van der Waals surface area (Å²) in [7, 11) is -2.91. The van der Waals surface area contributed by atoms with Crippen molar-refractivity contribution in [2.45, 2.75) is 39.2 Å². The number of hydrogen-bond donors (Lipinski definition) is 1. The Labute approximate surface area is 127 Å². The molecule has 0 aliphatic rings. The minimum Gasteiger partial charge on any atom is -0.314 e. The van der Waals surface area contributed by atoms with Crippen LogP contribution in [0.5, 0.6) is 0 Å². The molecule has 1 aromatic rings. The van der Waals surface area contributed by atoms with E-state index in [0.717, 1.165) is 24.9 Å². The highest BCUT2D eigenvalue weighted by molar-refractivity contribution is 7.90. The smallest absolute Gasteiger partial charge is 0.147 e. The van der Waals surface area contributed by atoms with Gasteiger partial charge in [0.05, 0.1) is 0 Å². The van der Waals surface area contributed by atoms with Crippen LogP contribution in [0.4, 0.5) is 4.39 Å². The molecule has 120 valence electrons. The summed E-state index contributed by atoms with van der Waals surface area (Å²) in [6.07, 6.45) is 3.50. The van der Waals surface area contributed by atoms with Crippen LogP contribution < -0.4 is 5.32 Å². The van der Waals surface area contributed by atoms with Crippen molar-refractivity contribution in [3.63, 3.8) is 0 Å². The zero-order valence-corrected chi connectivity index (χ0v) is 13.9. The first-order valence-corrected chi connectivity index (χ1v) is 9.48. The molecule has 0 bridgehead atoms. The van der Waals surface area contributed by atoms with Gasteiger partial charge in [0.25, 0.3) is 0 Å². The van der Waals surface area contributed by atoms with Gasteiger partial charge in [-0.2, -0.15) is 0 Å². The maximum absolute atomic E-state index is 13.2. The summed E-state index contributed by atoms with van der Waals surface area (Å²) >= 11 is 0. The van der Waals surface area contributed by atoms with Crippen LogP contribution in [0.3, 0.4) is 0 Å². The van der Waals surface area contributed by atoms with E-state index in [0.29, 0.717) is 18.4 Å². The van der Waals surface area contributed by atoms with Gasteiger partial charge in [-0.05, 0) is 49.4 Å². The maximum atomic E-state index is 13.2. The lowest BCUT2D eigenvalue weighted by atomic mass is 9.94. The number of halogens is 1. The maximum Gasteiger partial charge on any atom is 0.147 e. The van der Waals surface area contributed by atoms with Crippen LogP contribution in [0.2, 0.25) is 0 Å². The fourth-order valence-electron chi connectivity index (χ4n) is 2.31. The highest BCUT2D eigenvalue weighted by Crippen LogP contribution is 2.15. The molecule has 0 heterocycles. The Kier molecular flexibility index (Phi) is 7.32. The summed E-state index contributed by atoms with van der Waals surface area (Å²) in [6, 6.07) is 7.01. The number of hydrogen-bond acceptors (Lipinski definition) is 3. The Balaban J connectivity index is 2.59. The second-order valence-electron chi connectivity index (χ2n) is 6.04. The molecule has 0 saturated heterocycles. The monoisotopic (exact) mass is 315 g/mol. The van der Waals surface area contributed by atoms with Crippen molar-refractivity contribution in [2.75, 3.05) is 18.6 Å². The molecule has 0 aliphatic carbocycles. The van der Waals surface area contributed by atoms with Crippen LogP contribution in [0, 0.1) is 11.7 Å². The minimum atomic E-state index is -2.91. The summed E-state index contributed by atoms with van der Waals surface area (Å²) < 4.78 is 35.7. The molecule has 21 heavy (non-hydrogen) atoms. The van der Waals surface area contributed by atoms with Crippen molar-refractivity contribution in [1.29, 1.82) is 0 Å². The molecule has 1 rings (SSSR count). The van der Waals surface area contributed by atoms with Crippen LogP contribution in [0.15, 0.2) is 24.3 Å². The normalized spacial score (nSPS) is 13.6. The van der Waals surface area contributed by atoms with Gasteiger partial charge in [-0.25, -0.2) is 12.8 Å². The zero-order valence-electron chi connectivity index (χ0n) is 13.1. The molecule has 1 N–H and O–H groups in total. The molecule has 0 amide bonds. The lowest BCUT2D eigenvalue weighted by molar-refractivity contribution is 0.417. The van der Waals surface area contributed by atoms with Crippen LogP contribution in [0.1, 0.15) is 32.3 Å². The van der Waals surface area contributed by atoms with Crippen LogP contribution in [-0.2, 0) is 16.3 Å². The molecule has 0 saturated carbocycles. The largest absolute Gasteiger partial charge is 0.314 e. The van der Waals surface area contributed by atoms with E-state index in [1.165, 1.54) is 12.3 Å². The molecule has 1 aromatic carbocycles. The molecule has 0 aromatic heterocycles. The van der Waals surface area contributed by atoms with E-state index in [2.05, 4.69) is 19.2 Å². The predicted octanol–water partition coefficient (Wildman–Crippen LogP) is 2.81. The van der Waals surface area contributed by atoms with Gasteiger partial charge in [-0.15, -0.1) is 0 Å². The summed E-state index contributed by atoms with van der Waals surface area (Å²) in [4.78, 5) is 0. The molecule has 3 nitrogen and oxygen atoms in total. The van der Waals surface area contributed by atoms with Crippen molar-refractivity contribution >= 4 is 9.84 Å². The summed E-state index contributed by atoms with van der Waals surface area (Å²) in [5.41, 5.74) is 0.963. The molecule has 1 atom stereocenters. The van der Waals surface area contributed by atoms with Gasteiger partial charge in [0.15, 0.2) is 0 Å². The van der Waals surface area contributed by atoms with Crippen molar-refractivity contribution in [1.82, 2.24) is 5.32 Å². The molecule has 0 fully saturated rings. The Morgan fingerprint density at radius 2 is 2.00 bits per heavy atom. The quantitative estimate of drug-likeness (QED) is 0.762. The molecular weight excluding hydrogens is 289 g/mol. The van der Waals surface area contributed by atoms with Gasteiger partial charge in [0.2, 0.25) is 0 Å². The first-order valence-electron chi connectivity index (χ1n) is 7.42. The lowest BCUT2D eigenvalue weighted by Crippen LogP contribution is -2.30. The van der Waals surface area contributed by atoms with Crippen molar-refractivity contribution in [3.8, 4) is 0 Å². The highest BCUT2D eigenvalue weighted by atomic mass is 32.2. The van der Waals surface area contributed by atoms with E-state index in [1.54, 1.807) is 12.1 Å². The standard InChI is InChI=1S/C16H26FNO2S/c1-13(2)18-12-15(7-5-9-21(3,19)20)10-14-6-4-8-16(17)11-14/h4,6,8,11,13,15,18H,5,7,9-10,12H2,1-3H3. The van der Waals surface area contributed by atoms with E-state index >= 15 is 0 Å². The van der Waals surface area contributed by atoms with Gasteiger partial charge in [0.1, 0.15) is 15.7 Å². The average Bonchev–Trinajstić information content (AvgIpc) is 2.34. The lowest BCUT2D eigenvalue weighted by Gasteiger charge is -2.19. The van der Waals surface area contributed by atoms with Crippen LogP contribution >= 0.6 is 0 Å². The summed E-state index contributed by atoms with van der Waals surface area (Å²) in [5.74, 6) is 0.309. The van der Waals surface area contributed by atoms with Gasteiger partial charge in [-0.1, -0.05) is 26.0 Å². The number of benzene rings is 1. The molecule has 0 aliphatic heterocycles. The summed E-state index contributed by atoms with van der Waals surface area (Å²) in [5, 5.41) is 3.38. The molecule has 0 spiro atoms. The van der Waals surface area contributed by atoms with Crippen molar-refractivity contribution < 1.29 is 12.8 Å². The Hall–Kier alpha value is -0.940. The fourth-order valence-corrected chi connectivity index (χ4v) is 3.00. The third-order valence-electron chi connectivity index (χ3n) is 3.36. The van der Waals surface area contributed by atoms with E-state index in [9.17, 15) is 12.8 Å². The van der Waals surface area contributed by atoms with E-state index in [4.69, 9.17) is 0 Å². The van der Waals surface area contributed by atoms with E-state index in [-0.39, 0.29) is 11.6 Å². The zero-order chi connectivity index (χ0) is 15.9. The first kappa shape index (κ1) is 18.1. The average molecular weight is 315 g/mol. The van der Waals surface area contributed by atoms with Gasteiger partial charge in [-0.3, -0.25) is 0 Å². The second kappa shape index (κ2) is 8.49. The van der Waals surface area contributed by atoms with Crippen LogP contribution in [-0.4, -0.2) is 33.0 Å². The van der Waals surface area contributed by atoms with E-state index in [1.807, 2.05) is 6.07 Å². The predicted molar refractivity (Wildman–Crippen MR) is 85.7 cm³/mol. The minimum absolute atomic E-state index is 0.217. The van der Waals surface area contributed by atoms with Gasteiger partial charge >= 0.3 is 0 Å². The Morgan fingerprint density at radius 1 is 1.29 bits per heavy atom. The van der Waals surface area contributed by atoms with Gasteiger partial charge < -0.3 is 5.32 Å². The topological polar surface area (TPSA) is 46.2 Å². The Morgan fingerprint density at radius 3 is 2.57 bits per heavy atom. The van der Waals surface area contributed by atoms with Crippen LogP contribution in [0.25, 0.3) is 0 Å². The number of nitrogens with one attached hydrogen (secondary N) is 1. The number of sulfone groups is 1. The molecule has 1 unspecified atom stereocenters. The fraction of sp³-hybridized carbons (Fsp3) is 0.625. The SMILES string of the molecule is CC(C)NCC(CCCS(C)(=O)=O)Cc1cccc(F)c1. The van der Waals surface area contributed by atoms with E-state index < -0.39 is 9.84 Å². The highest BCUT2D eigenvalue weighted by Gasteiger charge is 2.12. The third kappa shape index (κ3) is 8.83.